The van der Waals surface area contributed by atoms with Gasteiger partial charge in [-0.15, -0.1) is 0 Å². The number of nitriles is 1. The van der Waals surface area contributed by atoms with Crippen LogP contribution in [0.3, 0.4) is 0 Å². The van der Waals surface area contributed by atoms with Crippen LogP contribution >= 0.6 is 0 Å². The van der Waals surface area contributed by atoms with Crippen LogP contribution in [0.4, 0.5) is 0 Å². The minimum Gasteiger partial charge on any atom is -0.368 e. The topological polar surface area (TPSA) is 87.2 Å². The van der Waals surface area contributed by atoms with Gasteiger partial charge < -0.3 is 10.6 Å². The Bertz CT molecular complexity index is 494. The Labute approximate surface area is 119 Å². The van der Waals surface area contributed by atoms with Crippen LogP contribution in [0.2, 0.25) is 0 Å². The molecule has 106 valence electrons. The fourth-order valence-corrected chi connectivity index (χ4v) is 1.90. The highest BCUT2D eigenvalue weighted by Crippen LogP contribution is 2.18. The number of nitrogens with zero attached hydrogens (tertiary/aromatic N) is 2. The van der Waals surface area contributed by atoms with E-state index in [0.29, 0.717) is 12.1 Å². The van der Waals surface area contributed by atoms with Crippen molar-refractivity contribution in [3.8, 4) is 6.07 Å². The number of carbonyl (C=O) groups is 2. The van der Waals surface area contributed by atoms with Crippen LogP contribution in [0.5, 0.6) is 0 Å². The Balaban J connectivity index is 2.91. The minimum absolute atomic E-state index is 0.149. The van der Waals surface area contributed by atoms with Crippen molar-refractivity contribution in [2.24, 2.45) is 5.73 Å². The molecule has 0 spiro atoms. The SMILES string of the molecule is CCCCN(CC(N)=O)C(=O)C(C#N)c1ccccc1. The van der Waals surface area contributed by atoms with E-state index in [1.807, 2.05) is 19.1 Å². The van der Waals surface area contributed by atoms with Crippen LogP contribution in [0.1, 0.15) is 31.2 Å². The molecule has 0 aromatic heterocycles. The third-order valence-electron chi connectivity index (χ3n) is 2.95. The van der Waals surface area contributed by atoms with Gasteiger partial charge in [-0.3, -0.25) is 9.59 Å². The normalized spacial score (nSPS) is 11.4. The average molecular weight is 273 g/mol. The first-order chi connectivity index (χ1) is 9.60. The molecule has 1 aromatic rings. The van der Waals surface area contributed by atoms with Crippen molar-refractivity contribution in [3.05, 3.63) is 35.9 Å². The molecule has 0 saturated carbocycles. The molecular formula is C15H19N3O2. The molecular weight excluding hydrogens is 254 g/mol. The summed E-state index contributed by atoms with van der Waals surface area (Å²) in [6.45, 7) is 2.28. The third kappa shape index (κ3) is 4.39. The summed E-state index contributed by atoms with van der Waals surface area (Å²) in [5, 5.41) is 9.24. The predicted octanol–water partition coefficient (Wildman–Crippen LogP) is 1.41. The minimum atomic E-state index is -0.896. The van der Waals surface area contributed by atoms with Crippen molar-refractivity contribution in [1.29, 1.82) is 5.26 Å². The van der Waals surface area contributed by atoms with E-state index >= 15 is 0 Å². The number of benzene rings is 1. The van der Waals surface area contributed by atoms with Gasteiger partial charge in [0.15, 0.2) is 0 Å². The molecule has 0 bridgehead atoms. The lowest BCUT2D eigenvalue weighted by molar-refractivity contribution is -0.135. The molecule has 2 N–H and O–H groups in total. The van der Waals surface area contributed by atoms with E-state index in [9.17, 15) is 14.9 Å². The summed E-state index contributed by atoms with van der Waals surface area (Å²) < 4.78 is 0. The summed E-state index contributed by atoms with van der Waals surface area (Å²) in [7, 11) is 0. The fourth-order valence-electron chi connectivity index (χ4n) is 1.90. The van der Waals surface area contributed by atoms with Gasteiger partial charge in [-0.1, -0.05) is 43.7 Å². The van der Waals surface area contributed by atoms with E-state index < -0.39 is 11.8 Å². The first kappa shape index (κ1) is 15.7. The highest BCUT2D eigenvalue weighted by atomic mass is 16.2. The average Bonchev–Trinajstić information content (AvgIpc) is 2.45. The van der Waals surface area contributed by atoms with Crippen LogP contribution in [0.15, 0.2) is 30.3 Å². The van der Waals surface area contributed by atoms with E-state index in [2.05, 4.69) is 0 Å². The summed E-state index contributed by atoms with van der Waals surface area (Å²) in [6.07, 6.45) is 1.66. The van der Waals surface area contributed by atoms with Gasteiger partial charge in [-0.2, -0.15) is 5.26 Å². The Morgan fingerprint density at radius 3 is 2.50 bits per heavy atom. The molecule has 0 radical (unpaired) electrons. The van der Waals surface area contributed by atoms with Gasteiger partial charge in [-0.05, 0) is 12.0 Å². The van der Waals surface area contributed by atoms with Gasteiger partial charge in [0.05, 0.1) is 12.6 Å². The number of amides is 2. The number of rotatable bonds is 7. The molecule has 5 nitrogen and oxygen atoms in total. The van der Waals surface area contributed by atoms with Gasteiger partial charge in [0.1, 0.15) is 5.92 Å². The van der Waals surface area contributed by atoms with Crippen LogP contribution in [0.25, 0.3) is 0 Å². The van der Waals surface area contributed by atoms with Crippen molar-refractivity contribution >= 4 is 11.8 Å². The molecule has 1 aromatic carbocycles. The van der Waals surface area contributed by atoms with E-state index in [0.717, 1.165) is 12.8 Å². The molecule has 1 unspecified atom stereocenters. The maximum Gasteiger partial charge on any atom is 0.244 e. The summed E-state index contributed by atoms with van der Waals surface area (Å²) in [6, 6.07) is 10.8. The van der Waals surface area contributed by atoms with Gasteiger partial charge in [0.25, 0.3) is 0 Å². The first-order valence-corrected chi connectivity index (χ1v) is 6.61. The van der Waals surface area contributed by atoms with Crippen LogP contribution in [-0.4, -0.2) is 29.8 Å². The molecule has 1 atom stereocenters. The van der Waals surface area contributed by atoms with Crippen LogP contribution < -0.4 is 5.73 Å². The zero-order chi connectivity index (χ0) is 15.0. The smallest absolute Gasteiger partial charge is 0.244 e. The maximum absolute atomic E-state index is 12.4. The largest absolute Gasteiger partial charge is 0.368 e. The molecule has 0 aliphatic rings. The van der Waals surface area contributed by atoms with Gasteiger partial charge in [0.2, 0.25) is 11.8 Å². The molecule has 2 amide bonds. The predicted molar refractivity (Wildman–Crippen MR) is 75.5 cm³/mol. The van der Waals surface area contributed by atoms with Crippen molar-refractivity contribution < 1.29 is 9.59 Å². The first-order valence-electron chi connectivity index (χ1n) is 6.61. The van der Waals surface area contributed by atoms with Crippen LogP contribution in [0, 0.1) is 11.3 Å². The second-order valence-electron chi connectivity index (χ2n) is 4.55. The zero-order valence-electron chi connectivity index (χ0n) is 11.6. The molecule has 0 fully saturated rings. The highest BCUT2D eigenvalue weighted by molar-refractivity contribution is 5.89. The number of primary amides is 1. The van der Waals surface area contributed by atoms with E-state index in [1.54, 1.807) is 24.3 Å². The molecule has 0 aliphatic carbocycles. The summed E-state index contributed by atoms with van der Waals surface area (Å²) in [5.41, 5.74) is 5.80. The zero-order valence-corrected chi connectivity index (χ0v) is 11.6. The van der Waals surface area contributed by atoms with Crippen LogP contribution in [-0.2, 0) is 9.59 Å². The van der Waals surface area contributed by atoms with Crippen molar-refractivity contribution in [2.45, 2.75) is 25.7 Å². The molecule has 0 saturated heterocycles. The number of carbonyl (C=O) groups excluding carboxylic acids is 2. The van der Waals surface area contributed by atoms with Crippen molar-refractivity contribution in [1.82, 2.24) is 4.90 Å². The lowest BCUT2D eigenvalue weighted by atomic mass is 9.99. The molecule has 5 heteroatoms. The lowest BCUT2D eigenvalue weighted by Gasteiger charge is -2.23. The number of hydrogen-bond donors (Lipinski definition) is 1. The fraction of sp³-hybridized carbons (Fsp3) is 0.400. The standard InChI is InChI=1S/C15H19N3O2/c1-2-3-9-18(11-14(17)19)15(20)13(10-16)12-7-5-4-6-8-12/h4-8,13H,2-3,9,11H2,1H3,(H2,17,19). The quantitative estimate of drug-likeness (QED) is 0.814. The Kier molecular flexibility index (Phi) is 6.24. The maximum atomic E-state index is 12.4. The molecule has 20 heavy (non-hydrogen) atoms. The molecule has 1 rings (SSSR count). The molecule has 0 aliphatic heterocycles. The van der Waals surface area contributed by atoms with E-state index in [1.165, 1.54) is 4.90 Å². The summed E-state index contributed by atoms with van der Waals surface area (Å²) in [4.78, 5) is 24.8. The monoisotopic (exact) mass is 273 g/mol. The highest BCUT2D eigenvalue weighted by Gasteiger charge is 2.26. The van der Waals surface area contributed by atoms with Gasteiger partial charge in [0, 0.05) is 6.54 Å². The summed E-state index contributed by atoms with van der Waals surface area (Å²) in [5.74, 6) is -1.84. The Morgan fingerprint density at radius 2 is 2.00 bits per heavy atom. The number of hydrogen-bond acceptors (Lipinski definition) is 3. The second-order valence-corrected chi connectivity index (χ2v) is 4.55. The van der Waals surface area contributed by atoms with Crippen molar-refractivity contribution in [3.63, 3.8) is 0 Å². The van der Waals surface area contributed by atoms with Crippen molar-refractivity contribution in [2.75, 3.05) is 13.1 Å². The Morgan fingerprint density at radius 1 is 1.35 bits per heavy atom. The van der Waals surface area contributed by atoms with E-state index in [4.69, 9.17) is 5.73 Å². The lowest BCUT2D eigenvalue weighted by Crippen LogP contribution is -2.41. The second kappa shape index (κ2) is 7.95. The number of unbranched alkanes of at least 4 members (excludes halogenated alkanes) is 1. The van der Waals surface area contributed by atoms with Gasteiger partial charge >= 0.3 is 0 Å². The summed E-state index contributed by atoms with van der Waals surface area (Å²) >= 11 is 0. The molecule has 0 heterocycles. The Hall–Kier alpha value is -2.35. The third-order valence-corrected chi connectivity index (χ3v) is 2.95. The van der Waals surface area contributed by atoms with Gasteiger partial charge in [-0.25, -0.2) is 0 Å². The van der Waals surface area contributed by atoms with E-state index in [-0.39, 0.29) is 12.5 Å². The number of nitrogens with two attached hydrogens (primary N) is 1.